The number of halogens is 5. The Morgan fingerprint density at radius 2 is 1.59 bits per heavy atom. The zero-order valence-corrected chi connectivity index (χ0v) is 14.2. The van der Waals surface area contributed by atoms with Gasteiger partial charge in [-0.15, -0.1) is 0 Å². The molecule has 0 amide bonds. The number of rotatable bonds is 5. The summed E-state index contributed by atoms with van der Waals surface area (Å²) >= 11 is 0. The molecule has 0 aliphatic rings. The molecule has 0 spiro atoms. The van der Waals surface area contributed by atoms with E-state index in [1.54, 1.807) is 0 Å². The molecule has 0 radical (unpaired) electrons. The van der Waals surface area contributed by atoms with Gasteiger partial charge in [-0.2, -0.15) is 22.0 Å². The summed E-state index contributed by atoms with van der Waals surface area (Å²) in [6.45, 7) is 0. The molecule has 0 saturated carbocycles. The van der Waals surface area contributed by atoms with Gasteiger partial charge < -0.3 is 10.0 Å². The first-order chi connectivity index (χ1) is 12.3. The van der Waals surface area contributed by atoms with Crippen LogP contribution in [0.5, 0.6) is 0 Å². The van der Waals surface area contributed by atoms with E-state index in [9.17, 15) is 37.2 Å². The number of para-hydroxylation sites is 1. The lowest BCUT2D eigenvalue weighted by atomic mass is 9.79. The Morgan fingerprint density at radius 1 is 1.00 bits per heavy atom. The molecule has 2 rings (SSSR count). The van der Waals surface area contributed by atoms with Crippen LogP contribution in [-0.2, 0) is 5.60 Å². The van der Waals surface area contributed by atoms with Crippen molar-refractivity contribution in [1.29, 1.82) is 0 Å². The van der Waals surface area contributed by atoms with Crippen molar-refractivity contribution in [2.75, 3.05) is 19.0 Å². The number of alkyl halides is 5. The number of nitro benzene ring substituents is 1. The highest BCUT2D eigenvalue weighted by Gasteiger charge is 2.72. The van der Waals surface area contributed by atoms with Crippen LogP contribution < -0.4 is 4.90 Å². The first-order valence-corrected chi connectivity index (χ1v) is 7.52. The lowest BCUT2D eigenvalue weighted by molar-refractivity contribution is -0.389. The van der Waals surface area contributed by atoms with Gasteiger partial charge in [0.1, 0.15) is 0 Å². The summed E-state index contributed by atoms with van der Waals surface area (Å²) in [7, 11) is 3.04. The van der Waals surface area contributed by atoms with Crippen LogP contribution in [0.1, 0.15) is 11.1 Å². The number of benzene rings is 2. The smallest absolute Gasteiger partial charge is 0.378 e. The first-order valence-electron chi connectivity index (χ1n) is 7.52. The zero-order chi connectivity index (χ0) is 20.6. The number of hydrogen-bond donors (Lipinski definition) is 1. The van der Waals surface area contributed by atoms with Crippen LogP contribution >= 0.6 is 0 Å². The van der Waals surface area contributed by atoms with Crippen LogP contribution in [0.25, 0.3) is 0 Å². The second-order valence-corrected chi connectivity index (χ2v) is 6.00. The fraction of sp³-hybridized carbons (Fsp3) is 0.294. The Labute approximate surface area is 150 Å². The molecular formula is C17H15F5N2O3. The molecule has 0 heterocycles. The fourth-order valence-corrected chi connectivity index (χ4v) is 2.66. The highest BCUT2D eigenvalue weighted by molar-refractivity contribution is 5.55. The van der Waals surface area contributed by atoms with Crippen LogP contribution in [0.15, 0.2) is 48.5 Å². The molecule has 0 fully saturated rings. The quantitative estimate of drug-likeness (QED) is 0.474. The van der Waals surface area contributed by atoms with Crippen molar-refractivity contribution in [3.63, 3.8) is 0 Å². The minimum absolute atomic E-state index is 0.225. The normalized spacial score (nSPS) is 14.5. The van der Waals surface area contributed by atoms with Gasteiger partial charge in [-0.25, -0.2) is 0 Å². The van der Waals surface area contributed by atoms with Crippen LogP contribution in [0.2, 0.25) is 0 Å². The molecule has 0 aromatic heterocycles. The minimum Gasteiger partial charge on any atom is -0.378 e. The Kier molecular flexibility index (Phi) is 5.15. The van der Waals surface area contributed by atoms with E-state index in [1.807, 2.05) is 0 Å². The summed E-state index contributed by atoms with van der Waals surface area (Å²) in [6, 6.07) is 7.97. The van der Waals surface area contributed by atoms with Crippen molar-refractivity contribution in [1.82, 2.24) is 0 Å². The van der Waals surface area contributed by atoms with E-state index in [0.29, 0.717) is 6.07 Å². The van der Waals surface area contributed by atoms with Gasteiger partial charge in [-0.3, -0.25) is 10.1 Å². The van der Waals surface area contributed by atoms with Gasteiger partial charge in [0.25, 0.3) is 5.69 Å². The monoisotopic (exact) mass is 390 g/mol. The third kappa shape index (κ3) is 3.32. The molecule has 0 aliphatic carbocycles. The average molecular weight is 390 g/mol. The molecular weight excluding hydrogens is 375 g/mol. The summed E-state index contributed by atoms with van der Waals surface area (Å²) in [5.74, 6) is -5.71. The number of hydrogen-bond acceptors (Lipinski definition) is 4. The van der Waals surface area contributed by atoms with Crippen molar-refractivity contribution < 1.29 is 32.0 Å². The van der Waals surface area contributed by atoms with E-state index < -0.39 is 39.4 Å². The standard InChI is InChI=1S/C17H15F5N2O3/c1-23(2)12-7-5-6-11(10-12)15(25,16(18,19)17(20,21)22)13-8-3-4-9-14(13)24(26)27/h3-10,25H,1-2H3. The molecule has 0 bridgehead atoms. The Morgan fingerprint density at radius 3 is 2.11 bits per heavy atom. The van der Waals surface area contributed by atoms with Crippen molar-refractivity contribution in [2.45, 2.75) is 17.7 Å². The molecule has 27 heavy (non-hydrogen) atoms. The van der Waals surface area contributed by atoms with E-state index in [1.165, 1.54) is 31.1 Å². The molecule has 0 aliphatic heterocycles. The van der Waals surface area contributed by atoms with Crippen molar-refractivity contribution >= 4 is 11.4 Å². The van der Waals surface area contributed by atoms with Crippen LogP contribution in [0.3, 0.4) is 0 Å². The maximum absolute atomic E-state index is 14.5. The molecule has 2 aromatic carbocycles. The van der Waals surface area contributed by atoms with Gasteiger partial charge in [0, 0.05) is 25.8 Å². The van der Waals surface area contributed by atoms with Gasteiger partial charge in [-0.1, -0.05) is 24.3 Å². The fourth-order valence-electron chi connectivity index (χ4n) is 2.66. The topological polar surface area (TPSA) is 66.6 Å². The predicted molar refractivity (Wildman–Crippen MR) is 87.9 cm³/mol. The zero-order valence-electron chi connectivity index (χ0n) is 14.2. The lowest BCUT2D eigenvalue weighted by Gasteiger charge is -2.37. The largest absolute Gasteiger partial charge is 0.457 e. The Balaban J connectivity index is 2.91. The van der Waals surface area contributed by atoms with Gasteiger partial charge in [0.2, 0.25) is 0 Å². The van der Waals surface area contributed by atoms with Crippen LogP contribution in [0, 0.1) is 10.1 Å². The molecule has 1 unspecified atom stereocenters. The molecule has 1 atom stereocenters. The van der Waals surface area contributed by atoms with E-state index in [0.717, 1.165) is 30.3 Å². The number of anilines is 1. The Hall–Kier alpha value is -2.75. The maximum atomic E-state index is 14.5. The summed E-state index contributed by atoms with van der Waals surface area (Å²) in [6.07, 6.45) is -6.17. The Bertz CT molecular complexity index is 854. The van der Waals surface area contributed by atoms with E-state index >= 15 is 0 Å². The molecule has 1 N–H and O–H groups in total. The van der Waals surface area contributed by atoms with E-state index in [2.05, 4.69) is 0 Å². The molecule has 0 saturated heterocycles. The second-order valence-electron chi connectivity index (χ2n) is 6.00. The molecule has 5 nitrogen and oxygen atoms in total. The van der Waals surface area contributed by atoms with Gasteiger partial charge in [0.05, 0.1) is 10.5 Å². The second kappa shape index (κ2) is 6.76. The highest BCUT2D eigenvalue weighted by Crippen LogP contribution is 2.53. The molecule has 146 valence electrons. The first kappa shape index (κ1) is 20.6. The minimum atomic E-state index is -6.17. The maximum Gasteiger partial charge on any atom is 0.457 e. The third-order valence-electron chi connectivity index (χ3n) is 4.08. The summed E-state index contributed by atoms with van der Waals surface area (Å²) < 4.78 is 68.6. The van der Waals surface area contributed by atoms with Crippen molar-refractivity contribution in [3.8, 4) is 0 Å². The number of nitro groups is 1. The number of aliphatic hydroxyl groups is 1. The van der Waals surface area contributed by atoms with Crippen LogP contribution in [-0.4, -0.2) is 36.2 Å². The van der Waals surface area contributed by atoms with E-state index in [-0.39, 0.29) is 5.69 Å². The number of nitrogens with zero attached hydrogens (tertiary/aromatic N) is 2. The molecule has 2 aromatic rings. The van der Waals surface area contributed by atoms with Crippen molar-refractivity contribution in [2.24, 2.45) is 0 Å². The summed E-state index contributed by atoms with van der Waals surface area (Å²) in [4.78, 5) is 11.5. The van der Waals surface area contributed by atoms with Crippen LogP contribution in [0.4, 0.5) is 33.3 Å². The predicted octanol–water partition coefficient (Wildman–Crippen LogP) is 4.09. The van der Waals surface area contributed by atoms with Gasteiger partial charge >= 0.3 is 12.1 Å². The molecule has 10 heteroatoms. The average Bonchev–Trinajstić information content (AvgIpc) is 2.59. The van der Waals surface area contributed by atoms with E-state index in [4.69, 9.17) is 0 Å². The SMILES string of the molecule is CN(C)c1cccc(C(O)(c2ccccc2[N+](=O)[O-])C(F)(F)C(F)(F)F)c1. The summed E-state index contributed by atoms with van der Waals surface area (Å²) in [5, 5.41) is 22.0. The third-order valence-corrected chi connectivity index (χ3v) is 4.08. The van der Waals surface area contributed by atoms with Crippen molar-refractivity contribution in [3.05, 3.63) is 69.8 Å². The summed E-state index contributed by atoms with van der Waals surface area (Å²) in [5.41, 5.74) is -6.83. The van der Waals surface area contributed by atoms with Gasteiger partial charge in [0.15, 0.2) is 5.60 Å². The van der Waals surface area contributed by atoms with Gasteiger partial charge in [-0.05, 0) is 23.8 Å². The highest BCUT2D eigenvalue weighted by atomic mass is 19.4. The lowest BCUT2D eigenvalue weighted by Crippen LogP contribution is -2.55.